The maximum atomic E-state index is 13.4. The zero-order valence-corrected chi connectivity index (χ0v) is 13.4. The maximum Gasteiger partial charge on any atom is 0.315 e. The summed E-state index contributed by atoms with van der Waals surface area (Å²) < 4.78 is 18.5. The van der Waals surface area contributed by atoms with Gasteiger partial charge >= 0.3 is 6.03 Å². The molecule has 0 saturated carbocycles. The minimum atomic E-state index is -0.278. The summed E-state index contributed by atoms with van der Waals surface area (Å²) >= 11 is 0. The molecule has 0 saturated heterocycles. The summed E-state index contributed by atoms with van der Waals surface area (Å²) in [6.45, 7) is 5.55. The third-order valence-corrected chi connectivity index (χ3v) is 4.36. The number of carbonyl (C=O) groups excluding carboxylic acids is 1. The lowest BCUT2D eigenvalue weighted by Gasteiger charge is -2.18. The Morgan fingerprint density at radius 3 is 2.91 bits per heavy atom. The highest BCUT2D eigenvalue weighted by molar-refractivity contribution is 5.75. The van der Waals surface area contributed by atoms with E-state index in [1.54, 1.807) is 6.07 Å². The van der Waals surface area contributed by atoms with Crippen molar-refractivity contribution in [2.24, 2.45) is 0 Å². The molecule has 1 aliphatic rings. The van der Waals surface area contributed by atoms with Crippen molar-refractivity contribution in [1.29, 1.82) is 0 Å². The first-order valence-corrected chi connectivity index (χ1v) is 7.74. The molecule has 0 fully saturated rings. The molecule has 1 heterocycles. The molecule has 1 aromatic carbocycles. The van der Waals surface area contributed by atoms with Gasteiger partial charge in [-0.3, -0.25) is 0 Å². The second-order valence-corrected chi connectivity index (χ2v) is 6.01. The number of nitrogens with one attached hydrogen (secondary N) is 2. The average molecular weight is 317 g/mol. The highest BCUT2D eigenvalue weighted by atomic mass is 19.1. The number of aryl methyl sites for hydroxylation is 3. The molecule has 0 aliphatic heterocycles. The first-order chi connectivity index (χ1) is 11.0. The largest absolute Gasteiger partial charge is 0.361 e. The van der Waals surface area contributed by atoms with Crippen LogP contribution in [0.5, 0.6) is 0 Å². The number of rotatable bonds is 3. The van der Waals surface area contributed by atoms with Gasteiger partial charge in [-0.05, 0) is 56.9 Å². The third-order valence-electron chi connectivity index (χ3n) is 4.36. The van der Waals surface area contributed by atoms with Crippen molar-refractivity contribution in [3.63, 3.8) is 0 Å². The van der Waals surface area contributed by atoms with E-state index in [9.17, 15) is 9.18 Å². The summed E-state index contributed by atoms with van der Waals surface area (Å²) in [5, 5.41) is 9.72. The quantitative estimate of drug-likeness (QED) is 0.911. The highest BCUT2D eigenvalue weighted by Gasteiger charge is 2.25. The Hall–Kier alpha value is -2.37. The molecule has 5 nitrogen and oxygen atoms in total. The van der Waals surface area contributed by atoms with Crippen LogP contribution in [0.15, 0.2) is 22.7 Å². The molecule has 23 heavy (non-hydrogen) atoms. The standard InChI is InChI=1S/C17H20FN3O2/c1-9(16-10(2)21-23-11(16)3)19-17(22)20-15-7-5-12-4-6-13(18)8-14(12)15/h4,6,8-9,15H,5,7H2,1-3H3,(H2,19,20,22). The summed E-state index contributed by atoms with van der Waals surface area (Å²) in [5.41, 5.74) is 3.61. The van der Waals surface area contributed by atoms with Crippen LogP contribution in [-0.4, -0.2) is 11.2 Å². The van der Waals surface area contributed by atoms with Gasteiger partial charge in [-0.15, -0.1) is 0 Å². The van der Waals surface area contributed by atoms with Gasteiger partial charge in [0.05, 0.1) is 17.8 Å². The number of carbonyl (C=O) groups is 1. The van der Waals surface area contributed by atoms with Crippen molar-refractivity contribution >= 4 is 6.03 Å². The van der Waals surface area contributed by atoms with Gasteiger partial charge in [-0.1, -0.05) is 11.2 Å². The van der Waals surface area contributed by atoms with Gasteiger partial charge in [-0.2, -0.15) is 0 Å². The Morgan fingerprint density at radius 1 is 1.43 bits per heavy atom. The van der Waals surface area contributed by atoms with Gasteiger partial charge in [-0.25, -0.2) is 9.18 Å². The first kappa shape index (κ1) is 15.5. The van der Waals surface area contributed by atoms with Gasteiger partial charge in [0.25, 0.3) is 0 Å². The fourth-order valence-corrected chi connectivity index (χ4v) is 3.30. The van der Waals surface area contributed by atoms with Crippen molar-refractivity contribution < 1.29 is 13.7 Å². The van der Waals surface area contributed by atoms with Crippen LogP contribution in [0.4, 0.5) is 9.18 Å². The van der Waals surface area contributed by atoms with E-state index in [0.29, 0.717) is 5.76 Å². The van der Waals surface area contributed by atoms with Gasteiger partial charge in [0.15, 0.2) is 0 Å². The zero-order chi connectivity index (χ0) is 16.6. The molecule has 0 radical (unpaired) electrons. The number of fused-ring (bicyclic) bond motifs is 1. The number of amides is 2. The van der Waals surface area contributed by atoms with Crippen molar-refractivity contribution in [1.82, 2.24) is 15.8 Å². The Morgan fingerprint density at radius 2 is 2.22 bits per heavy atom. The van der Waals surface area contributed by atoms with Crippen LogP contribution in [0.2, 0.25) is 0 Å². The molecular formula is C17H20FN3O2. The Bertz CT molecular complexity index is 722. The number of halogens is 1. The van der Waals surface area contributed by atoms with Gasteiger partial charge in [0, 0.05) is 5.56 Å². The van der Waals surface area contributed by atoms with Gasteiger partial charge < -0.3 is 15.2 Å². The minimum absolute atomic E-state index is 0.155. The van der Waals surface area contributed by atoms with Crippen LogP contribution >= 0.6 is 0 Å². The Labute approximate surface area is 134 Å². The predicted molar refractivity (Wildman–Crippen MR) is 83.5 cm³/mol. The topological polar surface area (TPSA) is 67.2 Å². The molecule has 3 rings (SSSR count). The van der Waals surface area contributed by atoms with Crippen LogP contribution < -0.4 is 10.6 Å². The summed E-state index contributed by atoms with van der Waals surface area (Å²) in [6.07, 6.45) is 1.63. The normalized spacial score (nSPS) is 17.7. The number of nitrogens with zero attached hydrogens (tertiary/aromatic N) is 1. The molecular weight excluding hydrogens is 297 g/mol. The summed E-state index contributed by atoms with van der Waals surface area (Å²) in [7, 11) is 0. The zero-order valence-electron chi connectivity index (χ0n) is 13.4. The van der Waals surface area contributed by atoms with Crippen molar-refractivity contribution in [2.45, 2.75) is 45.7 Å². The Balaban J connectivity index is 1.66. The van der Waals surface area contributed by atoms with E-state index in [2.05, 4.69) is 15.8 Å². The fraction of sp³-hybridized carbons (Fsp3) is 0.412. The molecule has 2 atom stereocenters. The third kappa shape index (κ3) is 3.06. The predicted octanol–water partition coefficient (Wildman–Crippen LogP) is 3.48. The molecule has 0 bridgehead atoms. The average Bonchev–Trinajstić information content (AvgIpc) is 3.02. The maximum absolute atomic E-state index is 13.4. The molecule has 2 aromatic rings. The molecule has 1 aliphatic carbocycles. The number of hydrogen-bond donors (Lipinski definition) is 2. The van der Waals surface area contributed by atoms with Crippen molar-refractivity contribution in [3.05, 3.63) is 52.2 Å². The van der Waals surface area contributed by atoms with Crippen LogP contribution in [-0.2, 0) is 6.42 Å². The second-order valence-electron chi connectivity index (χ2n) is 6.01. The summed E-state index contributed by atoms with van der Waals surface area (Å²) in [5.74, 6) is 0.422. The lowest BCUT2D eigenvalue weighted by molar-refractivity contribution is 0.234. The van der Waals surface area contributed by atoms with E-state index in [1.807, 2.05) is 20.8 Å². The highest BCUT2D eigenvalue weighted by Crippen LogP contribution is 2.31. The molecule has 6 heteroatoms. The van der Waals surface area contributed by atoms with Crippen molar-refractivity contribution in [2.75, 3.05) is 0 Å². The van der Waals surface area contributed by atoms with Crippen molar-refractivity contribution in [3.8, 4) is 0 Å². The molecule has 2 amide bonds. The molecule has 1 aromatic heterocycles. The fourth-order valence-electron chi connectivity index (χ4n) is 3.30. The van der Waals surface area contributed by atoms with E-state index in [1.165, 1.54) is 12.1 Å². The van der Waals surface area contributed by atoms with Crippen LogP contribution in [0.1, 0.15) is 53.6 Å². The lowest BCUT2D eigenvalue weighted by atomic mass is 10.1. The van der Waals surface area contributed by atoms with E-state index < -0.39 is 0 Å². The molecule has 2 N–H and O–H groups in total. The smallest absolute Gasteiger partial charge is 0.315 e. The van der Waals surface area contributed by atoms with E-state index in [4.69, 9.17) is 4.52 Å². The van der Waals surface area contributed by atoms with Gasteiger partial charge in [0.2, 0.25) is 0 Å². The van der Waals surface area contributed by atoms with Crippen LogP contribution in [0.25, 0.3) is 0 Å². The number of benzene rings is 1. The first-order valence-electron chi connectivity index (χ1n) is 7.74. The molecule has 122 valence electrons. The van der Waals surface area contributed by atoms with E-state index in [0.717, 1.165) is 35.2 Å². The summed E-state index contributed by atoms with van der Waals surface area (Å²) in [6, 6.07) is 4.11. The molecule has 0 spiro atoms. The molecule has 2 unspecified atom stereocenters. The number of aromatic nitrogens is 1. The van der Waals surface area contributed by atoms with Crippen LogP contribution in [0.3, 0.4) is 0 Å². The summed E-state index contributed by atoms with van der Waals surface area (Å²) in [4.78, 5) is 12.3. The Kier molecular flexibility index (Phi) is 4.07. The van der Waals surface area contributed by atoms with Crippen LogP contribution in [0, 0.1) is 19.7 Å². The minimum Gasteiger partial charge on any atom is -0.361 e. The second kappa shape index (κ2) is 6.02. The van der Waals surface area contributed by atoms with E-state index in [-0.39, 0.29) is 23.9 Å². The number of hydrogen-bond acceptors (Lipinski definition) is 3. The SMILES string of the molecule is Cc1noc(C)c1C(C)NC(=O)NC1CCc2ccc(F)cc21. The number of urea groups is 1. The van der Waals surface area contributed by atoms with Gasteiger partial charge in [0.1, 0.15) is 11.6 Å². The monoisotopic (exact) mass is 317 g/mol. The van der Waals surface area contributed by atoms with E-state index >= 15 is 0 Å². The lowest BCUT2D eigenvalue weighted by Crippen LogP contribution is -2.38.